The number of benzene rings is 2. The Morgan fingerprint density at radius 1 is 1.05 bits per heavy atom. The summed E-state index contributed by atoms with van der Waals surface area (Å²) in [7, 11) is 0. The third-order valence-corrected chi connectivity index (χ3v) is 3.37. The summed E-state index contributed by atoms with van der Waals surface area (Å²) < 4.78 is 15.3. The summed E-state index contributed by atoms with van der Waals surface area (Å²) in [6.45, 7) is 4.05. The van der Waals surface area contributed by atoms with Gasteiger partial charge in [0.15, 0.2) is 0 Å². The molecule has 0 aliphatic carbocycles. The highest BCUT2D eigenvalue weighted by atomic mass is 19.1. The number of aromatic nitrogens is 3. The zero-order valence-electron chi connectivity index (χ0n) is 11.3. The van der Waals surface area contributed by atoms with Gasteiger partial charge in [-0.2, -0.15) is 5.10 Å². The first-order chi connectivity index (χ1) is 9.66. The number of aryl methyl sites for hydroxylation is 2. The summed E-state index contributed by atoms with van der Waals surface area (Å²) in [5, 5.41) is 4.14. The normalized spacial score (nSPS) is 10.8. The van der Waals surface area contributed by atoms with Gasteiger partial charge in [-0.15, -0.1) is 0 Å². The first-order valence-corrected chi connectivity index (χ1v) is 6.38. The molecule has 0 aliphatic heterocycles. The fourth-order valence-corrected chi connectivity index (χ4v) is 2.48. The predicted molar refractivity (Wildman–Crippen MR) is 76.2 cm³/mol. The van der Waals surface area contributed by atoms with Crippen LogP contribution in [0.5, 0.6) is 0 Å². The van der Waals surface area contributed by atoms with E-state index in [2.05, 4.69) is 10.1 Å². The van der Waals surface area contributed by atoms with Crippen molar-refractivity contribution in [3.05, 3.63) is 66.0 Å². The van der Waals surface area contributed by atoms with E-state index in [0.29, 0.717) is 0 Å². The van der Waals surface area contributed by atoms with Gasteiger partial charge in [0.1, 0.15) is 18.5 Å². The van der Waals surface area contributed by atoms with Gasteiger partial charge in [0.05, 0.1) is 5.69 Å². The molecule has 0 bridgehead atoms. The topological polar surface area (TPSA) is 30.7 Å². The zero-order valence-corrected chi connectivity index (χ0v) is 11.3. The van der Waals surface area contributed by atoms with Crippen LogP contribution in [-0.4, -0.2) is 14.8 Å². The molecule has 0 spiro atoms. The third kappa shape index (κ3) is 2.09. The van der Waals surface area contributed by atoms with Crippen LogP contribution in [0.15, 0.2) is 49.1 Å². The molecule has 3 aromatic rings. The van der Waals surface area contributed by atoms with E-state index in [9.17, 15) is 4.39 Å². The molecular weight excluding hydrogens is 253 g/mol. The third-order valence-electron chi connectivity index (χ3n) is 3.37. The molecule has 0 saturated carbocycles. The van der Waals surface area contributed by atoms with Gasteiger partial charge >= 0.3 is 0 Å². The molecule has 0 amide bonds. The van der Waals surface area contributed by atoms with Gasteiger partial charge in [0, 0.05) is 5.56 Å². The smallest absolute Gasteiger partial charge is 0.138 e. The highest BCUT2D eigenvalue weighted by Crippen LogP contribution is 2.32. The SMILES string of the molecule is Cc1cccc(C)c1-c1cc(F)ccc1-n1cncn1. The average molecular weight is 267 g/mol. The lowest BCUT2D eigenvalue weighted by molar-refractivity contribution is 0.627. The number of halogens is 1. The lowest BCUT2D eigenvalue weighted by atomic mass is 9.94. The maximum Gasteiger partial charge on any atom is 0.138 e. The summed E-state index contributed by atoms with van der Waals surface area (Å²) >= 11 is 0. The Morgan fingerprint density at radius 2 is 1.80 bits per heavy atom. The van der Waals surface area contributed by atoms with Gasteiger partial charge in [-0.1, -0.05) is 18.2 Å². The first-order valence-electron chi connectivity index (χ1n) is 6.38. The van der Waals surface area contributed by atoms with Crippen molar-refractivity contribution in [2.45, 2.75) is 13.8 Å². The average Bonchev–Trinajstić information content (AvgIpc) is 2.92. The Labute approximate surface area is 116 Å². The van der Waals surface area contributed by atoms with E-state index >= 15 is 0 Å². The lowest BCUT2D eigenvalue weighted by Gasteiger charge is -2.14. The van der Waals surface area contributed by atoms with Crippen molar-refractivity contribution < 1.29 is 4.39 Å². The van der Waals surface area contributed by atoms with Crippen molar-refractivity contribution in [1.29, 1.82) is 0 Å². The molecule has 3 rings (SSSR count). The second-order valence-electron chi connectivity index (χ2n) is 4.77. The van der Waals surface area contributed by atoms with Gasteiger partial charge < -0.3 is 0 Å². The van der Waals surface area contributed by atoms with Crippen molar-refractivity contribution >= 4 is 0 Å². The van der Waals surface area contributed by atoms with Crippen LogP contribution >= 0.6 is 0 Å². The fourth-order valence-electron chi connectivity index (χ4n) is 2.48. The van der Waals surface area contributed by atoms with Crippen molar-refractivity contribution in [2.24, 2.45) is 0 Å². The minimum Gasteiger partial charge on any atom is -0.223 e. The van der Waals surface area contributed by atoms with Gasteiger partial charge in [-0.25, -0.2) is 14.1 Å². The lowest BCUT2D eigenvalue weighted by Crippen LogP contribution is -2.00. The van der Waals surface area contributed by atoms with Crippen LogP contribution in [0.4, 0.5) is 4.39 Å². The molecule has 1 aromatic heterocycles. The molecule has 20 heavy (non-hydrogen) atoms. The minimum atomic E-state index is -0.258. The zero-order chi connectivity index (χ0) is 14.1. The van der Waals surface area contributed by atoms with E-state index in [1.807, 2.05) is 32.0 Å². The van der Waals surface area contributed by atoms with Crippen LogP contribution in [0.2, 0.25) is 0 Å². The van der Waals surface area contributed by atoms with E-state index < -0.39 is 0 Å². The fraction of sp³-hybridized carbons (Fsp3) is 0.125. The van der Waals surface area contributed by atoms with E-state index in [0.717, 1.165) is 27.9 Å². The molecule has 0 radical (unpaired) electrons. The quantitative estimate of drug-likeness (QED) is 0.709. The number of hydrogen-bond acceptors (Lipinski definition) is 2. The molecule has 100 valence electrons. The van der Waals surface area contributed by atoms with Gasteiger partial charge in [0.2, 0.25) is 0 Å². The number of rotatable bonds is 2. The number of hydrogen-bond donors (Lipinski definition) is 0. The van der Waals surface area contributed by atoms with Crippen LogP contribution in [0.25, 0.3) is 16.8 Å². The van der Waals surface area contributed by atoms with E-state index in [4.69, 9.17) is 0 Å². The highest BCUT2D eigenvalue weighted by Gasteiger charge is 2.13. The van der Waals surface area contributed by atoms with E-state index in [1.165, 1.54) is 12.4 Å². The molecule has 0 atom stereocenters. The first kappa shape index (κ1) is 12.5. The second-order valence-corrected chi connectivity index (χ2v) is 4.77. The number of nitrogens with zero attached hydrogens (tertiary/aromatic N) is 3. The van der Waals surface area contributed by atoms with E-state index in [1.54, 1.807) is 23.1 Å². The molecule has 0 unspecified atom stereocenters. The summed E-state index contributed by atoms with van der Waals surface area (Å²) in [5.74, 6) is -0.258. The molecule has 0 aliphatic rings. The standard InChI is InChI=1S/C16H14FN3/c1-11-4-3-5-12(2)16(11)14-8-13(17)6-7-15(14)20-10-18-9-19-20/h3-10H,1-2H3. The molecule has 0 saturated heterocycles. The minimum absolute atomic E-state index is 0.258. The van der Waals surface area contributed by atoms with Crippen molar-refractivity contribution in [2.75, 3.05) is 0 Å². The Hall–Kier alpha value is -2.49. The van der Waals surface area contributed by atoms with Gasteiger partial charge in [-0.3, -0.25) is 0 Å². The Kier molecular flexibility index (Phi) is 3.06. The molecule has 0 fully saturated rings. The molecule has 2 aromatic carbocycles. The van der Waals surface area contributed by atoms with Crippen LogP contribution in [0, 0.1) is 19.7 Å². The van der Waals surface area contributed by atoms with Crippen molar-refractivity contribution in [3.63, 3.8) is 0 Å². The van der Waals surface area contributed by atoms with Crippen LogP contribution in [0.3, 0.4) is 0 Å². The predicted octanol–water partition coefficient (Wildman–Crippen LogP) is 3.69. The second kappa shape index (κ2) is 4.89. The summed E-state index contributed by atoms with van der Waals surface area (Å²) in [4.78, 5) is 3.96. The molecular formula is C16H14FN3. The Balaban J connectivity index is 2.31. The van der Waals surface area contributed by atoms with Crippen molar-refractivity contribution in [1.82, 2.24) is 14.8 Å². The molecule has 4 heteroatoms. The van der Waals surface area contributed by atoms with Crippen LogP contribution in [0.1, 0.15) is 11.1 Å². The summed E-state index contributed by atoms with van der Waals surface area (Å²) in [6, 6.07) is 10.8. The maximum absolute atomic E-state index is 13.7. The van der Waals surface area contributed by atoms with Crippen molar-refractivity contribution in [3.8, 4) is 16.8 Å². The molecule has 0 N–H and O–H groups in total. The molecule has 3 nitrogen and oxygen atoms in total. The van der Waals surface area contributed by atoms with Crippen LogP contribution < -0.4 is 0 Å². The maximum atomic E-state index is 13.7. The summed E-state index contributed by atoms with van der Waals surface area (Å²) in [5.41, 5.74) is 4.90. The van der Waals surface area contributed by atoms with E-state index in [-0.39, 0.29) is 5.82 Å². The Bertz CT molecular complexity index is 728. The van der Waals surface area contributed by atoms with Gasteiger partial charge in [0.25, 0.3) is 0 Å². The highest BCUT2D eigenvalue weighted by molar-refractivity contribution is 5.77. The van der Waals surface area contributed by atoms with Gasteiger partial charge in [-0.05, 0) is 48.7 Å². The Morgan fingerprint density at radius 3 is 2.45 bits per heavy atom. The molecule has 1 heterocycles. The van der Waals surface area contributed by atoms with Crippen LogP contribution in [-0.2, 0) is 0 Å². The summed E-state index contributed by atoms with van der Waals surface area (Å²) in [6.07, 6.45) is 3.09. The largest absolute Gasteiger partial charge is 0.223 e. The monoisotopic (exact) mass is 267 g/mol.